The summed E-state index contributed by atoms with van der Waals surface area (Å²) >= 11 is 1.21. The fraction of sp³-hybridized carbons (Fsp3) is 0.667. The SMILES string of the molecule is COC1(CNS(=O)(=O)c2cc(C)c(CN)s2)CCOC1. The minimum absolute atomic E-state index is 0.209. The molecule has 1 aliphatic heterocycles. The van der Waals surface area contributed by atoms with Crippen LogP contribution in [0.5, 0.6) is 0 Å². The minimum atomic E-state index is -3.53. The number of thiophene rings is 1. The Hall–Kier alpha value is -0.510. The molecule has 0 bridgehead atoms. The summed E-state index contributed by atoms with van der Waals surface area (Å²) in [7, 11) is -1.96. The number of nitrogens with one attached hydrogen (secondary N) is 1. The van der Waals surface area contributed by atoms with Crippen LogP contribution in [0.15, 0.2) is 10.3 Å². The molecular weight excluding hydrogens is 300 g/mol. The van der Waals surface area contributed by atoms with Crippen LogP contribution < -0.4 is 10.5 Å². The van der Waals surface area contributed by atoms with Gasteiger partial charge in [-0.1, -0.05) is 0 Å². The second-order valence-electron chi connectivity index (χ2n) is 4.89. The molecule has 2 rings (SSSR count). The van der Waals surface area contributed by atoms with E-state index in [1.807, 2.05) is 6.92 Å². The summed E-state index contributed by atoms with van der Waals surface area (Å²) in [5.74, 6) is 0. The fourth-order valence-electron chi connectivity index (χ4n) is 2.08. The van der Waals surface area contributed by atoms with E-state index in [-0.39, 0.29) is 6.54 Å². The van der Waals surface area contributed by atoms with E-state index in [9.17, 15) is 8.42 Å². The van der Waals surface area contributed by atoms with E-state index in [1.165, 1.54) is 11.3 Å². The van der Waals surface area contributed by atoms with Gasteiger partial charge < -0.3 is 15.2 Å². The van der Waals surface area contributed by atoms with Crippen molar-refractivity contribution < 1.29 is 17.9 Å². The van der Waals surface area contributed by atoms with Crippen molar-refractivity contribution in [3.05, 3.63) is 16.5 Å². The van der Waals surface area contributed by atoms with E-state index in [2.05, 4.69) is 4.72 Å². The number of hydrogen-bond donors (Lipinski definition) is 2. The molecule has 1 fully saturated rings. The molecule has 1 aromatic rings. The van der Waals surface area contributed by atoms with Gasteiger partial charge in [-0.3, -0.25) is 0 Å². The van der Waals surface area contributed by atoms with E-state index in [0.717, 1.165) is 10.4 Å². The van der Waals surface area contributed by atoms with Crippen LogP contribution in [0.4, 0.5) is 0 Å². The average Bonchev–Trinajstić information content (AvgIpc) is 3.04. The molecule has 20 heavy (non-hydrogen) atoms. The van der Waals surface area contributed by atoms with Crippen LogP contribution in [0.1, 0.15) is 16.9 Å². The van der Waals surface area contributed by atoms with Gasteiger partial charge in [0.15, 0.2) is 0 Å². The third kappa shape index (κ3) is 3.21. The van der Waals surface area contributed by atoms with Gasteiger partial charge >= 0.3 is 0 Å². The van der Waals surface area contributed by atoms with Crippen LogP contribution >= 0.6 is 11.3 Å². The maximum Gasteiger partial charge on any atom is 0.250 e. The van der Waals surface area contributed by atoms with Gasteiger partial charge in [-0.15, -0.1) is 11.3 Å². The maximum absolute atomic E-state index is 12.3. The van der Waals surface area contributed by atoms with Crippen molar-refractivity contribution in [1.82, 2.24) is 4.72 Å². The molecule has 3 N–H and O–H groups in total. The van der Waals surface area contributed by atoms with Gasteiger partial charge in [-0.05, 0) is 18.6 Å². The van der Waals surface area contributed by atoms with E-state index in [0.29, 0.717) is 30.4 Å². The Bertz CT molecular complexity index is 562. The van der Waals surface area contributed by atoms with Crippen LogP contribution in [0.3, 0.4) is 0 Å². The van der Waals surface area contributed by atoms with Crippen molar-refractivity contribution in [3.63, 3.8) is 0 Å². The molecule has 1 aromatic heterocycles. The van der Waals surface area contributed by atoms with Gasteiger partial charge in [0.2, 0.25) is 10.0 Å². The number of nitrogens with two attached hydrogens (primary N) is 1. The lowest BCUT2D eigenvalue weighted by Crippen LogP contribution is -2.44. The molecule has 0 aliphatic carbocycles. The zero-order valence-corrected chi connectivity index (χ0v) is 13.3. The molecule has 6 nitrogen and oxygen atoms in total. The Morgan fingerprint density at radius 1 is 1.60 bits per heavy atom. The number of aryl methyl sites for hydroxylation is 1. The van der Waals surface area contributed by atoms with Gasteiger partial charge in [0.05, 0.1) is 6.61 Å². The first-order chi connectivity index (χ1) is 9.42. The molecule has 2 heterocycles. The number of hydrogen-bond acceptors (Lipinski definition) is 6. The maximum atomic E-state index is 12.3. The summed E-state index contributed by atoms with van der Waals surface area (Å²) in [5.41, 5.74) is 5.93. The normalized spacial score (nSPS) is 23.4. The molecule has 1 aliphatic rings. The third-order valence-corrected chi connectivity index (χ3v) is 6.67. The van der Waals surface area contributed by atoms with E-state index < -0.39 is 15.6 Å². The van der Waals surface area contributed by atoms with Gasteiger partial charge in [0, 0.05) is 38.1 Å². The second kappa shape index (κ2) is 6.08. The topological polar surface area (TPSA) is 90.7 Å². The molecule has 1 atom stereocenters. The quantitative estimate of drug-likeness (QED) is 0.801. The fourth-order valence-corrected chi connectivity index (χ4v) is 4.71. The number of rotatable bonds is 6. The lowest BCUT2D eigenvalue weighted by Gasteiger charge is -2.25. The van der Waals surface area contributed by atoms with Gasteiger partial charge in [0.1, 0.15) is 9.81 Å². The zero-order chi connectivity index (χ0) is 14.8. The van der Waals surface area contributed by atoms with Gasteiger partial charge in [-0.25, -0.2) is 13.1 Å². The molecule has 0 spiro atoms. The van der Waals surface area contributed by atoms with Crippen molar-refractivity contribution in [2.75, 3.05) is 26.9 Å². The highest BCUT2D eigenvalue weighted by Crippen LogP contribution is 2.27. The average molecular weight is 320 g/mol. The molecule has 8 heteroatoms. The summed E-state index contributed by atoms with van der Waals surface area (Å²) in [6.07, 6.45) is 0.684. The molecule has 0 aromatic carbocycles. The predicted molar refractivity (Wildman–Crippen MR) is 77.3 cm³/mol. The molecule has 0 saturated carbocycles. The monoisotopic (exact) mass is 320 g/mol. The summed E-state index contributed by atoms with van der Waals surface area (Å²) in [5, 5.41) is 0. The molecule has 1 saturated heterocycles. The Kier molecular flexibility index (Phi) is 4.83. The van der Waals surface area contributed by atoms with Crippen LogP contribution in [0, 0.1) is 6.92 Å². The van der Waals surface area contributed by atoms with Crippen molar-refractivity contribution in [3.8, 4) is 0 Å². The van der Waals surface area contributed by atoms with Crippen LogP contribution in [-0.4, -0.2) is 40.9 Å². The van der Waals surface area contributed by atoms with E-state index in [4.69, 9.17) is 15.2 Å². The molecule has 1 unspecified atom stereocenters. The van der Waals surface area contributed by atoms with Gasteiger partial charge in [0.25, 0.3) is 0 Å². The minimum Gasteiger partial charge on any atom is -0.378 e. The molecule has 114 valence electrons. The highest BCUT2D eigenvalue weighted by atomic mass is 32.2. The molecule has 0 amide bonds. The largest absolute Gasteiger partial charge is 0.378 e. The van der Waals surface area contributed by atoms with Crippen molar-refractivity contribution in [2.24, 2.45) is 5.73 Å². The van der Waals surface area contributed by atoms with E-state index >= 15 is 0 Å². The Morgan fingerprint density at radius 2 is 2.35 bits per heavy atom. The number of methoxy groups -OCH3 is 1. The van der Waals surface area contributed by atoms with Crippen LogP contribution in [-0.2, 0) is 26.0 Å². The van der Waals surface area contributed by atoms with Crippen molar-refractivity contribution >= 4 is 21.4 Å². The van der Waals surface area contributed by atoms with Gasteiger partial charge in [-0.2, -0.15) is 0 Å². The molecule has 0 radical (unpaired) electrons. The van der Waals surface area contributed by atoms with Crippen molar-refractivity contribution in [1.29, 1.82) is 0 Å². The molecular formula is C12H20N2O4S2. The highest BCUT2D eigenvalue weighted by Gasteiger charge is 2.36. The number of ether oxygens (including phenoxy) is 2. The first kappa shape index (κ1) is 15.9. The lowest BCUT2D eigenvalue weighted by molar-refractivity contribution is -0.0120. The predicted octanol–water partition coefficient (Wildman–Crippen LogP) is 0.599. The summed E-state index contributed by atoms with van der Waals surface area (Å²) in [6.45, 7) is 3.41. The third-order valence-electron chi connectivity index (χ3n) is 3.53. The number of sulfonamides is 1. The first-order valence-electron chi connectivity index (χ1n) is 6.34. The van der Waals surface area contributed by atoms with E-state index in [1.54, 1.807) is 13.2 Å². The first-order valence-corrected chi connectivity index (χ1v) is 8.64. The standard InChI is InChI=1S/C12H20N2O4S2/c1-9-5-11(19-10(9)6-13)20(15,16)14-7-12(17-2)3-4-18-8-12/h5,14H,3-4,6-8,13H2,1-2H3. The summed E-state index contributed by atoms with van der Waals surface area (Å²) < 4.78 is 38.2. The lowest BCUT2D eigenvalue weighted by atomic mass is 10.0. The Morgan fingerprint density at radius 3 is 2.85 bits per heavy atom. The second-order valence-corrected chi connectivity index (χ2v) is 8.02. The summed E-state index contributed by atoms with van der Waals surface area (Å²) in [4.78, 5) is 0.885. The van der Waals surface area contributed by atoms with Crippen LogP contribution in [0.2, 0.25) is 0 Å². The Balaban J connectivity index is 2.10. The van der Waals surface area contributed by atoms with Crippen LogP contribution in [0.25, 0.3) is 0 Å². The summed E-state index contributed by atoms with van der Waals surface area (Å²) in [6, 6.07) is 1.65. The zero-order valence-electron chi connectivity index (χ0n) is 11.6. The smallest absolute Gasteiger partial charge is 0.250 e. The van der Waals surface area contributed by atoms with Crippen molar-refractivity contribution in [2.45, 2.75) is 29.7 Å². The highest BCUT2D eigenvalue weighted by molar-refractivity contribution is 7.91. The Labute approximate surface area is 123 Å².